The number of halogens is 2. The van der Waals surface area contributed by atoms with Gasteiger partial charge in [-0.05, 0) is 18.2 Å². The third kappa shape index (κ3) is 3.21. The van der Waals surface area contributed by atoms with E-state index in [1.165, 1.54) is 6.07 Å². The molecule has 80 valence electrons. The lowest BCUT2D eigenvalue weighted by Crippen LogP contribution is -2.21. The summed E-state index contributed by atoms with van der Waals surface area (Å²) in [5.41, 5.74) is 4.42. The molecule has 1 rings (SSSR count). The van der Waals surface area contributed by atoms with Gasteiger partial charge in [-0.3, -0.25) is 4.79 Å². The molecular formula is C9H7ClFNO3. The molecule has 0 radical (unpaired) electrons. The number of ether oxygens (including phenoxy) is 1. The lowest BCUT2D eigenvalue weighted by molar-refractivity contribution is -0.121. The number of hydrogen-bond donors (Lipinski definition) is 1. The number of carbonyl (C=O) groups is 2. The van der Waals surface area contributed by atoms with Crippen molar-refractivity contribution in [2.45, 2.75) is 0 Å². The van der Waals surface area contributed by atoms with E-state index in [0.29, 0.717) is 0 Å². The van der Waals surface area contributed by atoms with Crippen molar-refractivity contribution in [1.29, 1.82) is 0 Å². The Hall–Kier alpha value is -1.62. The number of hydrogen-bond acceptors (Lipinski definition) is 3. The lowest BCUT2D eigenvalue weighted by Gasteiger charge is -2.03. The summed E-state index contributed by atoms with van der Waals surface area (Å²) in [6.07, 6.45) is 0. The van der Waals surface area contributed by atoms with Crippen LogP contribution in [0.15, 0.2) is 18.2 Å². The van der Waals surface area contributed by atoms with E-state index in [2.05, 4.69) is 4.74 Å². The number of amides is 1. The van der Waals surface area contributed by atoms with E-state index in [9.17, 15) is 14.0 Å². The fraction of sp³-hybridized carbons (Fsp3) is 0.111. The van der Waals surface area contributed by atoms with Gasteiger partial charge in [-0.25, -0.2) is 9.18 Å². The Morgan fingerprint density at radius 2 is 2.13 bits per heavy atom. The Kier molecular flexibility index (Phi) is 3.62. The molecule has 0 saturated heterocycles. The highest BCUT2D eigenvalue weighted by Gasteiger charge is 2.14. The molecule has 0 aliphatic carbocycles. The van der Waals surface area contributed by atoms with Crippen LogP contribution in [0.25, 0.3) is 0 Å². The van der Waals surface area contributed by atoms with E-state index >= 15 is 0 Å². The van der Waals surface area contributed by atoms with Crippen LogP contribution in [0.2, 0.25) is 5.02 Å². The van der Waals surface area contributed by atoms with Crippen LogP contribution in [0.3, 0.4) is 0 Å². The predicted octanol–water partition coefficient (Wildman–Crippen LogP) is 1.12. The highest BCUT2D eigenvalue weighted by atomic mass is 35.5. The summed E-state index contributed by atoms with van der Waals surface area (Å²) >= 11 is 5.56. The Morgan fingerprint density at radius 3 is 2.73 bits per heavy atom. The Balaban J connectivity index is 2.81. The summed E-state index contributed by atoms with van der Waals surface area (Å²) in [4.78, 5) is 21.5. The highest BCUT2D eigenvalue weighted by Crippen LogP contribution is 2.15. The fourth-order valence-corrected chi connectivity index (χ4v) is 1.04. The van der Waals surface area contributed by atoms with Crippen LogP contribution in [0, 0.1) is 5.82 Å². The quantitative estimate of drug-likeness (QED) is 0.793. The summed E-state index contributed by atoms with van der Waals surface area (Å²) in [5, 5.41) is 0.197. The molecule has 1 aromatic carbocycles. The predicted molar refractivity (Wildman–Crippen MR) is 50.9 cm³/mol. The van der Waals surface area contributed by atoms with Crippen LogP contribution < -0.4 is 5.73 Å². The first-order chi connectivity index (χ1) is 7.00. The molecule has 1 aromatic rings. The van der Waals surface area contributed by atoms with Crippen LogP contribution in [-0.4, -0.2) is 18.5 Å². The molecule has 0 spiro atoms. The van der Waals surface area contributed by atoms with Gasteiger partial charge < -0.3 is 10.5 Å². The van der Waals surface area contributed by atoms with Crippen LogP contribution in [0.4, 0.5) is 4.39 Å². The fourth-order valence-electron chi connectivity index (χ4n) is 0.868. The van der Waals surface area contributed by atoms with Crippen LogP contribution in [0.5, 0.6) is 0 Å². The summed E-state index contributed by atoms with van der Waals surface area (Å²) in [6, 6.07) is 3.44. The molecule has 0 heterocycles. The molecule has 15 heavy (non-hydrogen) atoms. The molecule has 0 unspecified atom stereocenters. The van der Waals surface area contributed by atoms with Gasteiger partial charge in [0.2, 0.25) is 0 Å². The standard InChI is InChI=1S/C9H7ClFNO3/c10-5-1-2-7(11)6(3-5)9(14)15-4-8(12)13/h1-3H,4H2,(H2,12,13). The van der Waals surface area contributed by atoms with Crippen molar-refractivity contribution in [2.75, 3.05) is 6.61 Å². The minimum atomic E-state index is -0.978. The molecule has 0 aliphatic rings. The lowest BCUT2D eigenvalue weighted by atomic mass is 10.2. The van der Waals surface area contributed by atoms with E-state index in [1.54, 1.807) is 0 Å². The van der Waals surface area contributed by atoms with Crippen molar-refractivity contribution >= 4 is 23.5 Å². The molecule has 0 aliphatic heterocycles. The van der Waals surface area contributed by atoms with Gasteiger partial charge in [0, 0.05) is 5.02 Å². The van der Waals surface area contributed by atoms with E-state index in [4.69, 9.17) is 17.3 Å². The molecule has 4 nitrogen and oxygen atoms in total. The van der Waals surface area contributed by atoms with E-state index < -0.39 is 24.3 Å². The van der Waals surface area contributed by atoms with Crippen LogP contribution in [0.1, 0.15) is 10.4 Å². The van der Waals surface area contributed by atoms with Gasteiger partial charge in [-0.1, -0.05) is 11.6 Å². The molecule has 2 N–H and O–H groups in total. The number of carbonyl (C=O) groups excluding carboxylic acids is 2. The van der Waals surface area contributed by atoms with Crippen LogP contribution in [-0.2, 0) is 9.53 Å². The molecule has 0 atom stereocenters. The maximum absolute atomic E-state index is 13.1. The minimum Gasteiger partial charge on any atom is -0.452 e. The Morgan fingerprint density at radius 1 is 1.47 bits per heavy atom. The molecule has 0 fully saturated rings. The van der Waals surface area contributed by atoms with Crippen molar-refractivity contribution in [1.82, 2.24) is 0 Å². The molecule has 1 amide bonds. The van der Waals surface area contributed by atoms with E-state index in [1.807, 2.05) is 0 Å². The van der Waals surface area contributed by atoms with Crippen molar-refractivity contribution < 1.29 is 18.7 Å². The summed E-state index contributed by atoms with van der Waals surface area (Å²) in [7, 11) is 0. The Bertz CT molecular complexity index is 408. The first-order valence-corrected chi connectivity index (χ1v) is 4.29. The van der Waals surface area contributed by atoms with Gasteiger partial charge >= 0.3 is 5.97 Å². The van der Waals surface area contributed by atoms with Gasteiger partial charge in [0.05, 0.1) is 5.56 Å². The first kappa shape index (κ1) is 11.5. The second-order valence-corrected chi connectivity index (χ2v) is 3.10. The number of esters is 1. The van der Waals surface area contributed by atoms with Gasteiger partial charge in [0.25, 0.3) is 5.91 Å². The SMILES string of the molecule is NC(=O)COC(=O)c1cc(Cl)ccc1F. The number of benzene rings is 1. The third-order valence-electron chi connectivity index (χ3n) is 1.49. The zero-order valence-corrected chi connectivity index (χ0v) is 8.25. The molecular weight excluding hydrogens is 225 g/mol. The number of nitrogens with two attached hydrogens (primary N) is 1. The third-order valence-corrected chi connectivity index (χ3v) is 1.73. The zero-order valence-electron chi connectivity index (χ0n) is 7.50. The van der Waals surface area contributed by atoms with Gasteiger partial charge in [0.1, 0.15) is 5.82 Å². The number of rotatable bonds is 3. The maximum Gasteiger partial charge on any atom is 0.341 e. The molecule has 0 saturated carbocycles. The second-order valence-electron chi connectivity index (χ2n) is 2.67. The topological polar surface area (TPSA) is 69.4 Å². The molecule has 0 aromatic heterocycles. The zero-order chi connectivity index (χ0) is 11.4. The number of primary amides is 1. The van der Waals surface area contributed by atoms with Crippen LogP contribution >= 0.6 is 11.6 Å². The summed E-state index contributed by atoms with van der Waals surface area (Å²) in [6.45, 7) is -0.592. The monoisotopic (exact) mass is 231 g/mol. The van der Waals surface area contributed by atoms with Crippen molar-refractivity contribution in [3.8, 4) is 0 Å². The van der Waals surface area contributed by atoms with E-state index in [-0.39, 0.29) is 10.6 Å². The van der Waals surface area contributed by atoms with Gasteiger partial charge in [0.15, 0.2) is 6.61 Å². The average molecular weight is 232 g/mol. The van der Waals surface area contributed by atoms with Crippen molar-refractivity contribution in [3.05, 3.63) is 34.6 Å². The maximum atomic E-state index is 13.1. The molecule has 0 bridgehead atoms. The summed E-state index contributed by atoms with van der Waals surface area (Å²) in [5.74, 6) is -2.56. The first-order valence-electron chi connectivity index (χ1n) is 3.91. The van der Waals surface area contributed by atoms with Crippen molar-refractivity contribution in [2.24, 2.45) is 5.73 Å². The molecule has 6 heteroatoms. The average Bonchev–Trinajstić information content (AvgIpc) is 2.18. The Labute approximate surface area is 89.8 Å². The van der Waals surface area contributed by atoms with Gasteiger partial charge in [-0.15, -0.1) is 0 Å². The summed E-state index contributed by atoms with van der Waals surface area (Å²) < 4.78 is 17.5. The van der Waals surface area contributed by atoms with Gasteiger partial charge in [-0.2, -0.15) is 0 Å². The van der Waals surface area contributed by atoms with E-state index in [0.717, 1.165) is 12.1 Å². The highest BCUT2D eigenvalue weighted by molar-refractivity contribution is 6.30. The van der Waals surface area contributed by atoms with Crippen molar-refractivity contribution in [3.63, 3.8) is 0 Å². The smallest absolute Gasteiger partial charge is 0.341 e. The normalized spacial score (nSPS) is 9.73. The largest absolute Gasteiger partial charge is 0.452 e. The second kappa shape index (κ2) is 4.75. The minimum absolute atomic E-state index is 0.197.